The van der Waals surface area contributed by atoms with E-state index in [0.29, 0.717) is 5.56 Å². The van der Waals surface area contributed by atoms with Gasteiger partial charge in [0.05, 0.1) is 6.61 Å². The van der Waals surface area contributed by atoms with Gasteiger partial charge in [0.25, 0.3) is 0 Å². The third-order valence-corrected chi connectivity index (χ3v) is 1.50. The lowest BCUT2D eigenvalue weighted by molar-refractivity contribution is 0.0796. The quantitative estimate of drug-likeness (QED) is 0.688. The minimum atomic E-state index is -1.80. The molecule has 1 rings (SSSR count). The third kappa shape index (κ3) is 1.89. The van der Waals surface area contributed by atoms with Gasteiger partial charge in [0, 0.05) is 5.56 Å². The highest BCUT2D eigenvalue weighted by atomic mass is 19.1. The predicted molar refractivity (Wildman–Crippen MR) is 42.8 cm³/mol. The van der Waals surface area contributed by atoms with E-state index in [2.05, 4.69) is 0 Å². The maximum Gasteiger partial charge on any atom is 0.199 e. The lowest BCUT2D eigenvalue weighted by Crippen LogP contribution is -2.19. The number of benzene rings is 1. The first-order valence-electron chi connectivity index (χ1n) is 3.60. The van der Waals surface area contributed by atoms with Crippen LogP contribution in [0.4, 0.5) is 4.39 Å². The summed E-state index contributed by atoms with van der Waals surface area (Å²) in [7, 11) is 0. The fourth-order valence-corrected chi connectivity index (χ4v) is 0.866. The fraction of sp³-hybridized carbons (Fsp3) is 0.222. The van der Waals surface area contributed by atoms with E-state index in [1.807, 2.05) is 0 Å². The molecular weight excluding hydrogens is 159 g/mol. The summed E-state index contributed by atoms with van der Waals surface area (Å²) in [4.78, 5) is 11.0. The molecule has 0 unspecified atom stereocenters. The van der Waals surface area contributed by atoms with Crippen LogP contribution in [0.5, 0.6) is 0 Å². The maximum absolute atomic E-state index is 12.6. The smallest absolute Gasteiger partial charge is 0.199 e. The van der Waals surface area contributed by atoms with Crippen LogP contribution in [0.2, 0.25) is 0 Å². The molecule has 0 amide bonds. The Hall–Kier alpha value is -1.22. The van der Waals surface area contributed by atoms with Crippen LogP contribution in [0.3, 0.4) is 0 Å². The molecule has 64 valence electrons. The minimum Gasteiger partial charge on any atom is -0.393 e. The molecular formula is C9H9FO2. The fourth-order valence-electron chi connectivity index (χ4n) is 0.866. The van der Waals surface area contributed by atoms with E-state index in [1.165, 1.54) is 12.1 Å². The first-order valence-corrected chi connectivity index (χ1v) is 3.60. The number of Topliss-reactive ketones (excluding diaryl/α,β-unsaturated/α-hetero) is 1. The van der Waals surface area contributed by atoms with E-state index >= 15 is 0 Å². The number of carbonyl (C=O) groups is 1. The van der Waals surface area contributed by atoms with Gasteiger partial charge in [-0.1, -0.05) is 30.3 Å². The number of hydrogen-bond donors (Lipinski definition) is 1. The van der Waals surface area contributed by atoms with Gasteiger partial charge in [-0.05, 0) is 0 Å². The van der Waals surface area contributed by atoms with Gasteiger partial charge >= 0.3 is 0 Å². The van der Waals surface area contributed by atoms with Gasteiger partial charge in [0.2, 0.25) is 0 Å². The Balaban J connectivity index is 2.79. The largest absolute Gasteiger partial charge is 0.393 e. The normalized spacial score (nSPS) is 12.5. The zero-order valence-electron chi connectivity index (χ0n) is 6.40. The Labute approximate surface area is 69.6 Å². The molecule has 0 saturated carbocycles. The molecule has 3 heteroatoms. The molecule has 2 nitrogen and oxygen atoms in total. The van der Waals surface area contributed by atoms with Crippen molar-refractivity contribution in [3.05, 3.63) is 35.9 Å². The summed E-state index contributed by atoms with van der Waals surface area (Å²) >= 11 is 0. The SMILES string of the molecule is O=C(c1ccccc1)[C@H](F)CO. The monoisotopic (exact) mass is 168 g/mol. The summed E-state index contributed by atoms with van der Waals surface area (Å²) in [6.45, 7) is -0.756. The highest BCUT2D eigenvalue weighted by molar-refractivity contribution is 5.99. The molecule has 0 bridgehead atoms. The Bertz CT molecular complexity index is 258. The molecule has 12 heavy (non-hydrogen) atoms. The van der Waals surface area contributed by atoms with E-state index in [4.69, 9.17) is 5.11 Å². The first-order chi connectivity index (χ1) is 5.75. The molecule has 1 aromatic rings. The van der Waals surface area contributed by atoms with Crippen molar-refractivity contribution in [3.8, 4) is 0 Å². The van der Waals surface area contributed by atoms with Crippen LogP contribution >= 0.6 is 0 Å². The maximum atomic E-state index is 12.6. The molecule has 1 aromatic carbocycles. The second kappa shape index (κ2) is 3.97. The number of aliphatic hydroxyl groups is 1. The summed E-state index contributed by atoms with van der Waals surface area (Å²) in [6.07, 6.45) is -1.80. The van der Waals surface area contributed by atoms with Crippen molar-refractivity contribution < 1.29 is 14.3 Å². The molecule has 0 saturated heterocycles. The van der Waals surface area contributed by atoms with Crippen molar-refractivity contribution in [2.75, 3.05) is 6.61 Å². The topological polar surface area (TPSA) is 37.3 Å². The molecule has 0 aromatic heterocycles. The van der Waals surface area contributed by atoms with Gasteiger partial charge in [-0.2, -0.15) is 0 Å². The number of carbonyl (C=O) groups excluding carboxylic acids is 1. The Morgan fingerprint density at radius 1 is 1.42 bits per heavy atom. The highest BCUT2D eigenvalue weighted by Gasteiger charge is 2.16. The molecule has 1 N–H and O–H groups in total. The number of ketones is 1. The number of halogens is 1. The van der Waals surface area contributed by atoms with Crippen LogP contribution in [0, 0.1) is 0 Å². The van der Waals surface area contributed by atoms with E-state index in [9.17, 15) is 9.18 Å². The van der Waals surface area contributed by atoms with Crippen LogP contribution in [0.25, 0.3) is 0 Å². The van der Waals surface area contributed by atoms with Crippen molar-refractivity contribution in [1.29, 1.82) is 0 Å². The number of alkyl halides is 1. The second-order valence-corrected chi connectivity index (χ2v) is 2.38. The summed E-state index contributed by atoms with van der Waals surface area (Å²) in [5.74, 6) is -0.668. The van der Waals surface area contributed by atoms with Crippen LogP contribution in [0.15, 0.2) is 30.3 Å². The Kier molecular flexibility index (Phi) is 2.94. The summed E-state index contributed by atoms with van der Waals surface area (Å²) < 4.78 is 12.6. The van der Waals surface area contributed by atoms with Gasteiger partial charge in [0.1, 0.15) is 0 Å². The molecule has 0 aliphatic rings. The average molecular weight is 168 g/mol. The Morgan fingerprint density at radius 2 is 2.00 bits per heavy atom. The summed E-state index contributed by atoms with van der Waals surface area (Å²) in [6, 6.07) is 8.08. The average Bonchev–Trinajstić information content (AvgIpc) is 2.17. The van der Waals surface area contributed by atoms with Crippen LogP contribution < -0.4 is 0 Å². The lowest BCUT2D eigenvalue weighted by atomic mass is 10.1. The van der Waals surface area contributed by atoms with Crippen molar-refractivity contribution in [3.63, 3.8) is 0 Å². The predicted octanol–water partition coefficient (Wildman–Crippen LogP) is 1.20. The van der Waals surface area contributed by atoms with Crippen LogP contribution in [-0.4, -0.2) is 23.7 Å². The molecule has 0 heterocycles. The van der Waals surface area contributed by atoms with E-state index in [1.54, 1.807) is 18.2 Å². The highest BCUT2D eigenvalue weighted by Crippen LogP contribution is 2.05. The van der Waals surface area contributed by atoms with Gasteiger partial charge < -0.3 is 5.11 Å². The van der Waals surface area contributed by atoms with Crippen molar-refractivity contribution in [2.45, 2.75) is 6.17 Å². The van der Waals surface area contributed by atoms with Crippen molar-refractivity contribution >= 4 is 5.78 Å². The Morgan fingerprint density at radius 3 is 2.50 bits per heavy atom. The standard InChI is InChI=1S/C9H9FO2/c10-8(6-11)9(12)7-4-2-1-3-5-7/h1-5,8,11H,6H2/t8-/m1/s1. The van der Waals surface area contributed by atoms with Crippen molar-refractivity contribution in [1.82, 2.24) is 0 Å². The summed E-state index contributed by atoms with van der Waals surface area (Å²) in [5.41, 5.74) is 0.291. The van der Waals surface area contributed by atoms with Gasteiger partial charge in [0.15, 0.2) is 12.0 Å². The van der Waals surface area contributed by atoms with E-state index in [-0.39, 0.29) is 0 Å². The van der Waals surface area contributed by atoms with Crippen molar-refractivity contribution in [2.24, 2.45) is 0 Å². The van der Waals surface area contributed by atoms with Gasteiger partial charge in [-0.25, -0.2) is 4.39 Å². The first kappa shape index (κ1) is 8.87. The molecule has 0 aliphatic heterocycles. The van der Waals surface area contributed by atoms with E-state index < -0.39 is 18.6 Å². The summed E-state index contributed by atoms with van der Waals surface area (Å²) in [5, 5.41) is 8.37. The molecule has 0 fully saturated rings. The molecule has 0 aliphatic carbocycles. The van der Waals surface area contributed by atoms with Gasteiger partial charge in [-0.3, -0.25) is 4.79 Å². The van der Waals surface area contributed by atoms with Crippen LogP contribution in [-0.2, 0) is 0 Å². The van der Waals surface area contributed by atoms with Crippen LogP contribution in [0.1, 0.15) is 10.4 Å². The number of aliphatic hydroxyl groups excluding tert-OH is 1. The minimum absolute atomic E-state index is 0.291. The zero-order chi connectivity index (χ0) is 8.97. The molecule has 1 atom stereocenters. The number of hydrogen-bond acceptors (Lipinski definition) is 2. The van der Waals surface area contributed by atoms with Gasteiger partial charge in [-0.15, -0.1) is 0 Å². The second-order valence-electron chi connectivity index (χ2n) is 2.38. The zero-order valence-corrected chi connectivity index (χ0v) is 6.40. The number of rotatable bonds is 3. The van der Waals surface area contributed by atoms with E-state index in [0.717, 1.165) is 0 Å². The third-order valence-electron chi connectivity index (χ3n) is 1.50. The lowest BCUT2D eigenvalue weighted by Gasteiger charge is -2.02. The molecule has 0 radical (unpaired) electrons. The molecule has 0 spiro atoms.